The molecule has 2 amide bonds. The van der Waals surface area contributed by atoms with E-state index in [1.807, 2.05) is 0 Å². The Balaban J connectivity index is 4.20. The first kappa shape index (κ1) is 16.2. The summed E-state index contributed by atoms with van der Waals surface area (Å²) >= 11 is 0. The zero-order valence-corrected chi connectivity index (χ0v) is 10.5. The summed E-state index contributed by atoms with van der Waals surface area (Å²) in [6.07, 6.45) is 3.72. The van der Waals surface area contributed by atoms with Gasteiger partial charge in [0.1, 0.15) is 0 Å². The molecule has 0 bridgehead atoms. The molecule has 102 valence electrons. The summed E-state index contributed by atoms with van der Waals surface area (Å²) in [6, 6.07) is 0. The number of carbonyl (C=O) groups is 2. The van der Waals surface area contributed by atoms with Crippen LogP contribution < -0.4 is 5.73 Å². The third-order valence-corrected chi connectivity index (χ3v) is 2.14. The number of ether oxygens (including phenoxy) is 2. The van der Waals surface area contributed by atoms with E-state index in [2.05, 4.69) is 22.6 Å². The predicted molar refractivity (Wildman–Crippen MR) is 67.6 cm³/mol. The zero-order chi connectivity index (χ0) is 13.8. The van der Waals surface area contributed by atoms with Crippen LogP contribution in [0.3, 0.4) is 0 Å². The lowest BCUT2D eigenvalue weighted by Crippen LogP contribution is -2.37. The fraction of sp³-hybridized carbons (Fsp3) is 0.500. The first-order valence-electron chi connectivity index (χ1n) is 5.78. The molecule has 0 aromatic carbocycles. The van der Waals surface area contributed by atoms with E-state index in [1.165, 1.54) is 0 Å². The molecule has 6 nitrogen and oxygen atoms in total. The SMILES string of the molecule is C=COC(=O)N(CCCCCCN)C(=O)OC=C. The van der Waals surface area contributed by atoms with Crippen molar-refractivity contribution in [1.29, 1.82) is 0 Å². The standard InChI is InChI=1S/C12H20N2O4/c1-3-17-11(15)14(12(16)18-4-2)10-8-6-5-7-9-13/h3-4H,1-2,5-10,13H2. The smallest absolute Gasteiger partial charge is 0.418 e. The third-order valence-electron chi connectivity index (χ3n) is 2.14. The molecule has 0 aliphatic rings. The van der Waals surface area contributed by atoms with Gasteiger partial charge in [0.15, 0.2) is 0 Å². The van der Waals surface area contributed by atoms with Crippen LogP contribution in [0, 0.1) is 0 Å². The molecule has 0 aromatic rings. The Bertz CT molecular complexity index is 270. The van der Waals surface area contributed by atoms with Crippen LogP contribution in [-0.2, 0) is 9.47 Å². The second-order valence-electron chi connectivity index (χ2n) is 3.46. The van der Waals surface area contributed by atoms with Crippen molar-refractivity contribution < 1.29 is 19.1 Å². The van der Waals surface area contributed by atoms with Gasteiger partial charge in [0.05, 0.1) is 12.5 Å². The summed E-state index contributed by atoms with van der Waals surface area (Å²) in [5, 5.41) is 0. The first-order chi connectivity index (χ1) is 8.67. The van der Waals surface area contributed by atoms with E-state index in [0.29, 0.717) is 13.0 Å². The van der Waals surface area contributed by atoms with Crippen molar-refractivity contribution in [3.05, 3.63) is 25.7 Å². The van der Waals surface area contributed by atoms with Gasteiger partial charge in [-0.15, -0.1) is 0 Å². The highest BCUT2D eigenvalue weighted by atomic mass is 16.6. The highest BCUT2D eigenvalue weighted by molar-refractivity contribution is 5.88. The maximum atomic E-state index is 11.5. The Morgan fingerprint density at radius 3 is 1.94 bits per heavy atom. The van der Waals surface area contributed by atoms with Crippen molar-refractivity contribution in [2.24, 2.45) is 5.73 Å². The van der Waals surface area contributed by atoms with Gasteiger partial charge in [-0.1, -0.05) is 26.0 Å². The predicted octanol–water partition coefficient (Wildman–Crippen LogP) is 2.37. The van der Waals surface area contributed by atoms with Crippen LogP contribution in [0.4, 0.5) is 9.59 Å². The molecule has 0 saturated carbocycles. The van der Waals surface area contributed by atoms with Gasteiger partial charge in [-0.25, -0.2) is 14.5 Å². The Hall–Kier alpha value is -1.82. The Kier molecular flexibility index (Phi) is 9.30. The molecule has 0 saturated heterocycles. The van der Waals surface area contributed by atoms with Crippen LogP contribution in [0.15, 0.2) is 25.7 Å². The first-order valence-corrected chi connectivity index (χ1v) is 5.78. The normalized spacial score (nSPS) is 9.39. The highest BCUT2D eigenvalue weighted by Gasteiger charge is 2.22. The Morgan fingerprint density at radius 2 is 1.50 bits per heavy atom. The summed E-state index contributed by atoms with van der Waals surface area (Å²) in [5.41, 5.74) is 5.37. The summed E-state index contributed by atoms with van der Waals surface area (Å²) in [5.74, 6) is 0. The minimum atomic E-state index is -0.810. The average Bonchev–Trinajstić information content (AvgIpc) is 2.34. The second-order valence-corrected chi connectivity index (χ2v) is 3.46. The lowest BCUT2D eigenvalue weighted by Gasteiger charge is -2.17. The maximum Gasteiger partial charge on any atom is 0.424 e. The van der Waals surface area contributed by atoms with Crippen molar-refractivity contribution in [2.75, 3.05) is 13.1 Å². The van der Waals surface area contributed by atoms with Gasteiger partial charge in [-0.3, -0.25) is 0 Å². The second kappa shape index (κ2) is 10.3. The zero-order valence-electron chi connectivity index (χ0n) is 10.5. The summed E-state index contributed by atoms with van der Waals surface area (Å²) < 4.78 is 9.09. The number of nitrogens with two attached hydrogens (primary N) is 1. The number of hydrogen-bond donors (Lipinski definition) is 1. The van der Waals surface area contributed by atoms with Crippen molar-refractivity contribution in [3.63, 3.8) is 0 Å². The molecule has 18 heavy (non-hydrogen) atoms. The molecule has 0 aromatic heterocycles. The molecule has 6 heteroatoms. The van der Waals surface area contributed by atoms with Crippen molar-refractivity contribution >= 4 is 12.2 Å². The molecular weight excluding hydrogens is 236 g/mol. The molecule has 0 heterocycles. The molecule has 0 atom stereocenters. The number of hydrogen-bond acceptors (Lipinski definition) is 5. The molecule has 0 rings (SSSR count). The maximum absolute atomic E-state index is 11.5. The number of nitrogens with zero attached hydrogens (tertiary/aromatic N) is 1. The van der Waals surface area contributed by atoms with E-state index >= 15 is 0 Å². The van der Waals surface area contributed by atoms with Crippen LogP contribution in [0.2, 0.25) is 0 Å². The number of imide groups is 1. The Labute approximate surface area is 107 Å². The van der Waals surface area contributed by atoms with E-state index in [0.717, 1.165) is 36.7 Å². The van der Waals surface area contributed by atoms with Crippen molar-refractivity contribution in [3.8, 4) is 0 Å². The summed E-state index contributed by atoms with van der Waals surface area (Å²) in [6.45, 7) is 7.37. The van der Waals surface area contributed by atoms with Gasteiger partial charge in [0.25, 0.3) is 0 Å². The molecule has 0 unspecified atom stereocenters. The molecule has 2 N–H and O–H groups in total. The fourth-order valence-corrected chi connectivity index (χ4v) is 1.29. The van der Waals surface area contributed by atoms with E-state index in [1.54, 1.807) is 0 Å². The molecule has 0 radical (unpaired) electrons. The topological polar surface area (TPSA) is 81.9 Å². The summed E-state index contributed by atoms with van der Waals surface area (Å²) in [4.78, 5) is 23.8. The minimum Gasteiger partial charge on any atom is -0.418 e. The average molecular weight is 256 g/mol. The quantitative estimate of drug-likeness (QED) is 0.532. The number of carbonyl (C=O) groups excluding carboxylic acids is 2. The number of rotatable bonds is 8. The molecule has 0 aliphatic carbocycles. The summed E-state index contributed by atoms with van der Waals surface area (Å²) in [7, 11) is 0. The van der Waals surface area contributed by atoms with Gasteiger partial charge in [0, 0.05) is 6.54 Å². The molecule has 0 spiro atoms. The van der Waals surface area contributed by atoms with Gasteiger partial charge in [-0.2, -0.15) is 0 Å². The number of amides is 2. The van der Waals surface area contributed by atoms with Crippen LogP contribution in [0.1, 0.15) is 25.7 Å². The highest BCUT2D eigenvalue weighted by Crippen LogP contribution is 2.05. The van der Waals surface area contributed by atoms with Gasteiger partial charge < -0.3 is 15.2 Å². The van der Waals surface area contributed by atoms with Gasteiger partial charge in [-0.05, 0) is 19.4 Å². The lowest BCUT2D eigenvalue weighted by atomic mass is 10.2. The van der Waals surface area contributed by atoms with Crippen LogP contribution in [0.25, 0.3) is 0 Å². The largest absolute Gasteiger partial charge is 0.424 e. The van der Waals surface area contributed by atoms with E-state index in [-0.39, 0.29) is 6.54 Å². The molecule has 0 aliphatic heterocycles. The Morgan fingerprint density at radius 1 is 1.00 bits per heavy atom. The van der Waals surface area contributed by atoms with Crippen molar-refractivity contribution in [1.82, 2.24) is 4.90 Å². The van der Waals surface area contributed by atoms with Crippen LogP contribution in [0.5, 0.6) is 0 Å². The monoisotopic (exact) mass is 256 g/mol. The van der Waals surface area contributed by atoms with Gasteiger partial charge >= 0.3 is 12.2 Å². The third kappa shape index (κ3) is 6.70. The lowest BCUT2D eigenvalue weighted by molar-refractivity contribution is 0.113. The molecular formula is C12H20N2O4. The number of unbranched alkanes of at least 4 members (excludes halogenated alkanes) is 3. The van der Waals surface area contributed by atoms with E-state index < -0.39 is 12.2 Å². The van der Waals surface area contributed by atoms with E-state index in [9.17, 15) is 9.59 Å². The van der Waals surface area contributed by atoms with Gasteiger partial charge in [0.2, 0.25) is 0 Å². The molecule has 0 fully saturated rings. The van der Waals surface area contributed by atoms with Crippen LogP contribution >= 0.6 is 0 Å². The fourth-order valence-electron chi connectivity index (χ4n) is 1.29. The van der Waals surface area contributed by atoms with Crippen molar-refractivity contribution in [2.45, 2.75) is 25.7 Å². The minimum absolute atomic E-state index is 0.226. The van der Waals surface area contributed by atoms with Crippen LogP contribution in [-0.4, -0.2) is 30.2 Å². The van der Waals surface area contributed by atoms with E-state index in [4.69, 9.17) is 5.73 Å².